The van der Waals surface area contributed by atoms with Gasteiger partial charge in [-0.05, 0) is 42.0 Å². The monoisotopic (exact) mass is 437 g/mol. The number of phenolic OH excluding ortho intramolecular Hbond substituents is 1. The zero-order valence-electron chi connectivity index (χ0n) is 16.9. The molecule has 0 fully saturated rings. The predicted octanol–water partition coefficient (Wildman–Crippen LogP) is 3.00. The molecular weight excluding hydrogens is 413 g/mol. The predicted molar refractivity (Wildman–Crippen MR) is 107 cm³/mol. The van der Waals surface area contributed by atoms with Crippen LogP contribution in [0.5, 0.6) is 11.5 Å². The van der Waals surface area contributed by atoms with Gasteiger partial charge in [-0.3, -0.25) is 9.36 Å². The zero-order valence-corrected chi connectivity index (χ0v) is 17.8. The molecule has 162 valence electrons. The molecule has 0 aliphatic heterocycles. The lowest BCUT2D eigenvalue weighted by atomic mass is 10.1. The van der Waals surface area contributed by atoms with Crippen LogP contribution in [0.2, 0.25) is 0 Å². The topological polar surface area (TPSA) is 141 Å². The highest BCUT2D eigenvalue weighted by Crippen LogP contribution is 2.40. The molecule has 0 saturated heterocycles. The maximum Gasteiger partial charge on any atom is 0.319 e. The van der Waals surface area contributed by atoms with E-state index in [2.05, 4.69) is 10.2 Å². The number of aromatic hydroxyl groups is 1. The van der Waals surface area contributed by atoms with Gasteiger partial charge in [0.1, 0.15) is 30.3 Å². The highest BCUT2D eigenvalue weighted by atomic mass is 31.2. The molecule has 1 atom stereocenters. The number of aliphatic carboxylic acids is 1. The van der Waals surface area contributed by atoms with E-state index in [1.807, 2.05) is 21.1 Å². The summed E-state index contributed by atoms with van der Waals surface area (Å²) in [6, 6.07) is 9.98. The van der Waals surface area contributed by atoms with Crippen LogP contribution in [0.1, 0.15) is 5.56 Å². The van der Waals surface area contributed by atoms with Gasteiger partial charge >= 0.3 is 13.8 Å². The second kappa shape index (κ2) is 9.82. The molecule has 2 rings (SSSR count). The van der Waals surface area contributed by atoms with Crippen molar-refractivity contribution in [1.29, 1.82) is 0 Å². The van der Waals surface area contributed by atoms with Crippen molar-refractivity contribution in [3.63, 3.8) is 0 Å². The fourth-order valence-electron chi connectivity index (χ4n) is 2.20. The van der Waals surface area contributed by atoms with Crippen LogP contribution in [0, 0.1) is 0 Å². The van der Waals surface area contributed by atoms with Crippen LogP contribution < -0.4 is 9.42 Å². The largest absolute Gasteiger partial charge is 0.746 e. The first-order valence-corrected chi connectivity index (χ1v) is 10.4. The number of azo groups is 1. The third-order valence-corrected chi connectivity index (χ3v) is 4.67. The molecule has 0 bridgehead atoms. The number of benzene rings is 2. The third kappa shape index (κ3) is 8.30. The molecule has 10 nitrogen and oxygen atoms in total. The van der Waals surface area contributed by atoms with Crippen molar-refractivity contribution in [2.24, 2.45) is 10.2 Å². The molecule has 0 aliphatic carbocycles. The van der Waals surface area contributed by atoms with Crippen molar-refractivity contribution >= 4 is 25.2 Å². The molecule has 0 aromatic heterocycles. The number of phosphoric ester groups is 1. The maximum absolute atomic E-state index is 11.9. The summed E-state index contributed by atoms with van der Waals surface area (Å²) >= 11 is 0. The van der Waals surface area contributed by atoms with Crippen LogP contribution in [-0.4, -0.2) is 55.0 Å². The number of carboxylic acids is 1. The van der Waals surface area contributed by atoms with E-state index < -0.39 is 13.8 Å². The first-order valence-electron chi connectivity index (χ1n) is 8.95. The number of likely N-dealkylation sites (N-methyl/N-ethyl adjacent to an activating group) is 1. The van der Waals surface area contributed by atoms with E-state index in [1.54, 1.807) is 0 Å². The lowest BCUT2D eigenvalue weighted by Crippen LogP contribution is -2.37. The van der Waals surface area contributed by atoms with Crippen LogP contribution in [0.4, 0.5) is 11.4 Å². The second-order valence-electron chi connectivity index (χ2n) is 7.47. The van der Waals surface area contributed by atoms with Crippen LogP contribution >= 0.6 is 7.82 Å². The normalized spacial score (nSPS) is 13.9. The Morgan fingerprint density at radius 2 is 1.80 bits per heavy atom. The number of phenols is 1. The molecule has 0 saturated carbocycles. The van der Waals surface area contributed by atoms with Crippen LogP contribution in [0.15, 0.2) is 52.7 Å². The number of phosphoric acid groups is 1. The molecule has 0 aliphatic rings. The van der Waals surface area contributed by atoms with Gasteiger partial charge in [-0.25, -0.2) is 0 Å². The smallest absolute Gasteiger partial charge is 0.319 e. The Bertz CT molecular complexity index is 956. The number of hydrogen-bond donors (Lipinski definition) is 2. The number of carboxylic acid groups (broad SMARTS) is 1. The van der Waals surface area contributed by atoms with Gasteiger partial charge in [-0.1, -0.05) is 6.07 Å². The fraction of sp³-hybridized carbons (Fsp3) is 0.316. The second-order valence-corrected chi connectivity index (χ2v) is 8.81. The zero-order chi connectivity index (χ0) is 22.4. The Morgan fingerprint density at radius 1 is 1.13 bits per heavy atom. The molecular formula is C19H24N3O7P. The first-order chi connectivity index (χ1) is 13.9. The van der Waals surface area contributed by atoms with Gasteiger partial charge in [0.05, 0.1) is 33.3 Å². The summed E-state index contributed by atoms with van der Waals surface area (Å²) < 4.78 is 22.2. The molecule has 0 radical (unpaired) electrons. The third-order valence-electron chi connectivity index (χ3n) is 3.73. The first kappa shape index (κ1) is 23.5. The van der Waals surface area contributed by atoms with Gasteiger partial charge in [0, 0.05) is 0 Å². The van der Waals surface area contributed by atoms with Crippen molar-refractivity contribution in [2.75, 3.05) is 34.3 Å². The van der Waals surface area contributed by atoms with Crippen molar-refractivity contribution < 1.29 is 38.0 Å². The lowest BCUT2D eigenvalue weighted by Gasteiger charge is -2.27. The van der Waals surface area contributed by atoms with Crippen LogP contribution in [-0.2, 0) is 20.3 Å². The van der Waals surface area contributed by atoms with Crippen molar-refractivity contribution in [3.05, 3.63) is 48.0 Å². The van der Waals surface area contributed by atoms with Gasteiger partial charge in [0.2, 0.25) is 0 Å². The number of rotatable bonds is 10. The van der Waals surface area contributed by atoms with Crippen LogP contribution in [0.25, 0.3) is 0 Å². The average molecular weight is 437 g/mol. The molecule has 30 heavy (non-hydrogen) atoms. The molecule has 0 amide bonds. The summed E-state index contributed by atoms with van der Waals surface area (Å²) in [5, 5.41) is 26.5. The Kier molecular flexibility index (Phi) is 7.69. The summed E-state index contributed by atoms with van der Waals surface area (Å²) in [4.78, 5) is 22.7. The van der Waals surface area contributed by atoms with E-state index >= 15 is 0 Å². The highest BCUT2D eigenvalue weighted by molar-refractivity contribution is 7.46. The van der Waals surface area contributed by atoms with Crippen LogP contribution in [0.3, 0.4) is 0 Å². The summed E-state index contributed by atoms with van der Waals surface area (Å²) in [5.74, 6) is -1.09. The summed E-state index contributed by atoms with van der Waals surface area (Å²) in [5.41, 5.74) is 0.954. The number of hydrogen-bond acceptors (Lipinski definition) is 8. The molecule has 0 heterocycles. The van der Waals surface area contributed by atoms with E-state index in [9.17, 15) is 19.4 Å². The SMILES string of the molecule is C[N+](C)(C)CCOP(=O)([O-])Oc1ccc(N=Nc2cc(CC(=O)O)ccc2O)cc1. The average Bonchev–Trinajstić information content (AvgIpc) is 2.61. The lowest BCUT2D eigenvalue weighted by molar-refractivity contribution is -0.870. The fourth-order valence-corrected chi connectivity index (χ4v) is 2.94. The Labute approximate surface area is 174 Å². The molecule has 2 N–H and O–H groups in total. The molecule has 2 aromatic carbocycles. The van der Waals surface area contributed by atoms with E-state index in [4.69, 9.17) is 14.2 Å². The van der Waals surface area contributed by atoms with Gasteiger partial charge in [0.15, 0.2) is 0 Å². The highest BCUT2D eigenvalue weighted by Gasteiger charge is 2.14. The van der Waals surface area contributed by atoms with E-state index in [0.717, 1.165) is 0 Å². The van der Waals surface area contributed by atoms with E-state index in [1.165, 1.54) is 42.5 Å². The molecule has 1 unspecified atom stereocenters. The van der Waals surface area contributed by atoms with Gasteiger partial charge in [-0.15, -0.1) is 5.11 Å². The quantitative estimate of drug-likeness (QED) is 0.331. The maximum atomic E-state index is 11.9. The Balaban J connectivity index is 2.01. The molecule has 0 spiro atoms. The number of carbonyl (C=O) groups is 1. The minimum absolute atomic E-state index is 0.00100. The van der Waals surface area contributed by atoms with Gasteiger partial charge in [0.25, 0.3) is 0 Å². The van der Waals surface area contributed by atoms with Crippen molar-refractivity contribution in [1.82, 2.24) is 0 Å². The van der Waals surface area contributed by atoms with Crippen molar-refractivity contribution in [3.8, 4) is 11.5 Å². The summed E-state index contributed by atoms with van der Waals surface area (Å²) in [7, 11) is 1.24. The number of nitrogens with zero attached hydrogens (tertiary/aromatic N) is 3. The van der Waals surface area contributed by atoms with E-state index in [0.29, 0.717) is 22.3 Å². The summed E-state index contributed by atoms with van der Waals surface area (Å²) in [6.07, 6.45) is -0.207. The van der Waals surface area contributed by atoms with Gasteiger partial charge < -0.3 is 28.6 Å². The molecule has 11 heteroatoms. The standard InChI is InChI=1S/C19H24N3O7P/c1-22(2,3)10-11-28-30(26,27)29-16-7-5-15(6-8-16)20-21-17-12-14(13-19(24)25)4-9-18(17)23/h4-9,12H,10-11,13H2,1-3H3,(H2-,20,23,24,25,26,27). The Morgan fingerprint density at radius 3 is 2.40 bits per heavy atom. The number of quaternary nitrogens is 1. The minimum atomic E-state index is -4.50. The summed E-state index contributed by atoms with van der Waals surface area (Å²) in [6.45, 7) is 0.496. The molecule has 2 aromatic rings. The Hall–Kier alpha value is -2.78. The van der Waals surface area contributed by atoms with Crippen molar-refractivity contribution in [2.45, 2.75) is 6.42 Å². The van der Waals surface area contributed by atoms with E-state index in [-0.39, 0.29) is 30.2 Å². The minimum Gasteiger partial charge on any atom is -0.746 e. The van der Waals surface area contributed by atoms with Gasteiger partial charge in [-0.2, -0.15) is 5.11 Å².